The highest BCUT2D eigenvalue weighted by Gasteiger charge is 2.13. The molecule has 0 saturated carbocycles. The molecule has 0 radical (unpaired) electrons. The molecular formula is C10H18N4O. The van der Waals surface area contributed by atoms with E-state index in [9.17, 15) is 4.79 Å². The number of nitrogens with zero attached hydrogens (tertiary/aromatic N) is 2. The van der Waals surface area contributed by atoms with Crippen LogP contribution < -0.4 is 10.6 Å². The summed E-state index contributed by atoms with van der Waals surface area (Å²) in [4.78, 5) is 11.7. The zero-order valence-electron chi connectivity index (χ0n) is 9.45. The van der Waals surface area contributed by atoms with Gasteiger partial charge in [0.25, 0.3) is 0 Å². The smallest absolute Gasteiger partial charge is 0.229 e. The fourth-order valence-electron chi connectivity index (χ4n) is 1.34. The first kappa shape index (κ1) is 11.7. The Morgan fingerprint density at radius 3 is 3.00 bits per heavy atom. The molecule has 0 bridgehead atoms. The Morgan fingerprint density at radius 1 is 1.67 bits per heavy atom. The van der Waals surface area contributed by atoms with Crippen molar-refractivity contribution in [3.63, 3.8) is 0 Å². The maximum absolute atomic E-state index is 11.7. The summed E-state index contributed by atoms with van der Waals surface area (Å²) >= 11 is 0. The summed E-state index contributed by atoms with van der Waals surface area (Å²) in [7, 11) is 1.83. The molecule has 2 N–H and O–H groups in total. The van der Waals surface area contributed by atoms with E-state index in [0.29, 0.717) is 6.54 Å². The third-order valence-corrected chi connectivity index (χ3v) is 2.23. The standard InChI is InChI=1S/C10H18N4O/c1-4-14-9(5-6-12-14)13-10(15)8(2)7-11-3/h5-6,8,11H,4,7H2,1-3H3,(H,13,15). The molecular weight excluding hydrogens is 192 g/mol. The summed E-state index contributed by atoms with van der Waals surface area (Å²) in [5, 5.41) is 9.90. The van der Waals surface area contributed by atoms with Gasteiger partial charge in [0, 0.05) is 25.1 Å². The number of hydrogen-bond donors (Lipinski definition) is 2. The summed E-state index contributed by atoms with van der Waals surface area (Å²) in [5.74, 6) is 0.722. The molecule has 5 heteroatoms. The van der Waals surface area contributed by atoms with E-state index in [4.69, 9.17) is 0 Å². The molecule has 0 aliphatic heterocycles. The van der Waals surface area contributed by atoms with Crippen LogP contribution in [-0.2, 0) is 11.3 Å². The Morgan fingerprint density at radius 2 is 2.40 bits per heavy atom. The van der Waals surface area contributed by atoms with E-state index in [0.717, 1.165) is 12.4 Å². The molecule has 0 fully saturated rings. The van der Waals surface area contributed by atoms with E-state index >= 15 is 0 Å². The van der Waals surface area contributed by atoms with E-state index < -0.39 is 0 Å². The third-order valence-electron chi connectivity index (χ3n) is 2.23. The second-order valence-electron chi connectivity index (χ2n) is 3.48. The van der Waals surface area contributed by atoms with Crippen molar-refractivity contribution in [3.05, 3.63) is 12.3 Å². The van der Waals surface area contributed by atoms with Crippen LogP contribution in [0.4, 0.5) is 5.82 Å². The molecule has 1 aromatic rings. The first-order valence-electron chi connectivity index (χ1n) is 5.16. The van der Waals surface area contributed by atoms with Crippen LogP contribution in [0, 0.1) is 5.92 Å². The fraction of sp³-hybridized carbons (Fsp3) is 0.600. The van der Waals surface area contributed by atoms with Crippen LogP contribution in [0.2, 0.25) is 0 Å². The van der Waals surface area contributed by atoms with Gasteiger partial charge in [0.15, 0.2) is 0 Å². The molecule has 1 rings (SSSR count). The number of carbonyl (C=O) groups excluding carboxylic acids is 1. The summed E-state index contributed by atoms with van der Waals surface area (Å²) in [5.41, 5.74) is 0. The van der Waals surface area contributed by atoms with Gasteiger partial charge in [-0.05, 0) is 14.0 Å². The van der Waals surface area contributed by atoms with Crippen LogP contribution in [0.3, 0.4) is 0 Å². The zero-order valence-corrected chi connectivity index (χ0v) is 9.45. The molecule has 84 valence electrons. The molecule has 0 aliphatic carbocycles. The molecule has 1 unspecified atom stereocenters. The number of carbonyl (C=O) groups is 1. The van der Waals surface area contributed by atoms with E-state index in [1.165, 1.54) is 0 Å². The highest BCUT2D eigenvalue weighted by atomic mass is 16.2. The zero-order chi connectivity index (χ0) is 11.3. The van der Waals surface area contributed by atoms with Crippen LogP contribution in [0.5, 0.6) is 0 Å². The second-order valence-corrected chi connectivity index (χ2v) is 3.48. The molecule has 15 heavy (non-hydrogen) atoms. The highest BCUT2D eigenvalue weighted by Crippen LogP contribution is 2.07. The minimum atomic E-state index is -0.0461. The van der Waals surface area contributed by atoms with Gasteiger partial charge in [-0.3, -0.25) is 4.79 Å². The van der Waals surface area contributed by atoms with Crippen LogP contribution in [-0.4, -0.2) is 29.3 Å². The van der Waals surface area contributed by atoms with Gasteiger partial charge < -0.3 is 10.6 Å². The lowest BCUT2D eigenvalue weighted by molar-refractivity contribution is -0.119. The summed E-state index contributed by atoms with van der Waals surface area (Å²) in [6.45, 7) is 5.30. The van der Waals surface area contributed by atoms with Gasteiger partial charge in [-0.15, -0.1) is 0 Å². The fourth-order valence-corrected chi connectivity index (χ4v) is 1.34. The average Bonchev–Trinajstić information content (AvgIpc) is 2.65. The monoisotopic (exact) mass is 210 g/mol. The predicted octanol–water partition coefficient (Wildman–Crippen LogP) is 0.697. The Balaban J connectivity index is 2.58. The van der Waals surface area contributed by atoms with E-state index in [1.807, 2.05) is 20.9 Å². The van der Waals surface area contributed by atoms with Crippen LogP contribution in [0.15, 0.2) is 12.3 Å². The molecule has 0 saturated heterocycles. The van der Waals surface area contributed by atoms with E-state index in [-0.39, 0.29) is 11.8 Å². The number of amides is 1. The van der Waals surface area contributed by atoms with Crippen molar-refractivity contribution in [1.29, 1.82) is 0 Å². The van der Waals surface area contributed by atoms with E-state index in [2.05, 4.69) is 15.7 Å². The molecule has 0 aliphatic rings. The maximum atomic E-state index is 11.7. The van der Waals surface area contributed by atoms with Crippen molar-refractivity contribution in [1.82, 2.24) is 15.1 Å². The van der Waals surface area contributed by atoms with Gasteiger partial charge in [0.05, 0.1) is 6.20 Å². The van der Waals surface area contributed by atoms with Gasteiger partial charge in [-0.25, -0.2) is 4.68 Å². The molecule has 0 spiro atoms. The largest absolute Gasteiger partial charge is 0.319 e. The van der Waals surface area contributed by atoms with Gasteiger partial charge in [-0.1, -0.05) is 6.92 Å². The van der Waals surface area contributed by atoms with Crippen molar-refractivity contribution in [3.8, 4) is 0 Å². The van der Waals surface area contributed by atoms with Crippen molar-refractivity contribution in [2.45, 2.75) is 20.4 Å². The molecule has 1 atom stereocenters. The predicted molar refractivity (Wildman–Crippen MR) is 59.6 cm³/mol. The van der Waals surface area contributed by atoms with Gasteiger partial charge in [0.1, 0.15) is 5.82 Å². The lowest BCUT2D eigenvalue weighted by Crippen LogP contribution is -2.29. The molecule has 0 aromatic carbocycles. The van der Waals surface area contributed by atoms with Crippen molar-refractivity contribution in [2.75, 3.05) is 18.9 Å². The number of aromatic nitrogens is 2. The molecule has 5 nitrogen and oxygen atoms in total. The summed E-state index contributed by atoms with van der Waals surface area (Å²) < 4.78 is 1.75. The van der Waals surface area contributed by atoms with Gasteiger partial charge >= 0.3 is 0 Å². The average molecular weight is 210 g/mol. The Hall–Kier alpha value is -1.36. The Bertz CT molecular complexity index is 321. The SMILES string of the molecule is CCn1nccc1NC(=O)C(C)CNC. The van der Waals surface area contributed by atoms with Crippen LogP contribution >= 0.6 is 0 Å². The number of anilines is 1. The lowest BCUT2D eigenvalue weighted by atomic mass is 10.1. The minimum Gasteiger partial charge on any atom is -0.319 e. The van der Waals surface area contributed by atoms with Crippen LogP contribution in [0.25, 0.3) is 0 Å². The number of aryl methyl sites for hydroxylation is 1. The summed E-state index contributed by atoms with van der Waals surface area (Å²) in [6, 6.07) is 1.80. The molecule has 1 aromatic heterocycles. The van der Waals surface area contributed by atoms with Crippen molar-refractivity contribution < 1.29 is 4.79 Å². The molecule has 1 heterocycles. The highest BCUT2D eigenvalue weighted by molar-refractivity contribution is 5.91. The quantitative estimate of drug-likeness (QED) is 0.752. The minimum absolute atomic E-state index is 0.0135. The van der Waals surface area contributed by atoms with Crippen LogP contribution in [0.1, 0.15) is 13.8 Å². The topological polar surface area (TPSA) is 59.0 Å². The van der Waals surface area contributed by atoms with Gasteiger partial charge in [-0.2, -0.15) is 5.10 Å². The first-order valence-corrected chi connectivity index (χ1v) is 5.16. The lowest BCUT2D eigenvalue weighted by Gasteiger charge is -2.12. The number of nitrogens with one attached hydrogen (secondary N) is 2. The number of rotatable bonds is 5. The second kappa shape index (κ2) is 5.50. The third kappa shape index (κ3) is 3.06. The Labute approximate surface area is 89.9 Å². The maximum Gasteiger partial charge on any atom is 0.229 e. The number of hydrogen-bond acceptors (Lipinski definition) is 3. The normalized spacial score (nSPS) is 12.5. The van der Waals surface area contributed by atoms with Gasteiger partial charge in [0.2, 0.25) is 5.91 Å². The molecule has 1 amide bonds. The van der Waals surface area contributed by atoms with Crippen molar-refractivity contribution in [2.24, 2.45) is 5.92 Å². The summed E-state index contributed by atoms with van der Waals surface area (Å²) in [6.07, 6.45) is 1.68. The Kier molecular flexibility index (Phi) is 4.30. The first-order chi connectivity index (χ1) is 7.19. The van der Waals surface area contributed by atoms with E-state index in [1.54, 1.807) is 16.9 Å². The van der Waals surface area contributed by atoms with Crippen molar-refractivity contribution >= 4 is 11.7 Å².